The number of benzene rings is 1. The normalized spacial score (nSPS) is 12.4. The Morgan fingerprint density at radius 2 is 1.91 bits per heavy atom. The van der Waals surface area contributed by atoms with Crippen LogP contribution in [-0.4, -0.2) is 33.5 Å². The zero-order chi connectivity index (χ0) is 15.7. The number of halogens is 1. The topological polar surface area (TPSA) is 71.1 Å². The summed E-state index contributed by atoms with van der Waals surface area (Å²) < 4.78 is 27.9. The molecule has 0 saturated carbocycles. The van der Waals surface area contributed by atoms with Gasteiger partial charge in [-0.2, -0.15) is 0 Å². The molecule has 0 atom stereocenters. The minimum absolute atomic E-state index is 0. The molecule has 1 aromatic carbocycles. The van der Waals surface area contributed by atoms with E-state index in [1.807, 2.05) is 0 Å². The van der Waals surface area contributed by atoms with E-state index in [4.69, 9.17) is 0 Å². The van der Waals surface area contributed by atoms with Gasteiger partial charge in [0, 0.05) is 18.5 Å². The molecule has 2 rings (SSSR count). The lowest BCUT2D eigenvalue weighted by Gasteiger charge is -2.13. The van der Waals surface area contributed by atoms with Gasteiger partial charge in [-0.3, -0.25) is 0 Å². The number of nitrogens with one attached hydrogen (secondary N) is 2. The number of likely N-dealkylation sites (N-methyl/N-ethyl adjacent to an activating group) is 1. The minimum Gasteiger partial charge on any atom is -0.318 e. The second kappa shape index (κ2) is 7.23. The quantitative estimate of drug-likeness (QED) is 0.801. The van der Waals surface area contributed by atoms with Gasteiger partial charge >= 0.3 is 0 Å². The van der Waals surface area contributed by atoms with E-state index >= 15 is 0 Å². The molecule has 22 heavy (non-hydrogen) atoms. The predicted octanol–water partition coefficient (Wildman–Crippen LogP) is 2.51. The SMILES string of the molecule is CNCCNS(=O)(=O)c1ccc2nc(C(C)(C)C)sc2c1.Cl. The smallest absolute Gasteiger partial charge is 0.240 e. The van der Waals surface area contributed by atoms with Crippen molar-refractivity contribution in [1.29, 1.82) is 0 Å². The Morgan fingerprint density at radius 3 is 2.50 bits per heavy atom. The number of aromatic nitrogens is 1. The lowest BCUT2D eigenvalue weighted by molar-refractivity contribution is 0.579. The van der Waals surface area contributed by atoms with Crippen LogP contribution in [0.15, 0.2) is 23.1 Å². The summed E-state index contributed by atoms with van der Waals surface area (Å²) in [6.07, 6.45) is 0. The number of thiazole rings is 1. The van der Waals surface area contributed by atoms with E-state index in [1.165, 1.54) is 0 Å². The van der Waals surface area contributed by atoms with E-state index in [-0.39, 0.29) is 22.7 Å². The molecule has 0 bridgehead atoms. The van der Waals surface area contributed by atoms with Crippen LogP contribution in [0.3, 0.4) is 0 Å². The van der Waals surface area contributed by atoms with Crippen LogP contribution in [0.2, 0.25) is 0 Å². The predicted molar refractivity (Wildman–Crippen MR) is 94.7 cm³/mol. The molecule has 0 spiro atoms. The Kier molecular flexibility index (Phi) is 6.35. The van der Waals surface area contributed by atoms with Crippen molar-refractivity contribution in [3.8, 4) is 0 Å². The van der Waals surface area contributed by atoms with Crippen molar-refractivity contribution in [2.45, 2.75) is 31.1 Å². The Hall–Kier alpha value is -0.730. The first kappa shape index (κ1) is 19.3. The maximum absolute atomic E-state index is 12.2. The molecule has 124 valence electrons. The number of hydrogen-bond donors (Lipinski definition) is 2. The van der Waals surface area contributed by atoms with Crippen LogP contribution < -0.4 is 10.0 Å². The molecule has 0 fully saturated rings. The number of nitrogens with zero attached hydrogens (tertiary/aromatic N) is 1. The molecule has 0 aliphatic rings. The average Bonchev–Trinajstić information content (AvgIpc) is 2.81. The van der Waals surface area contributed by atoms with Crippen LogP contribution in [-0.2, 0) is 15.4 Å². The van der Waals surface area contributed by atoms with E-state index in [0.717, 1.165) is 15.2 Å². The van der Waals surface area contributed by atoms with Crippen LogP contribution >= 0.6 is 23.7 Å². The molecule has 0 saturated heterocycles. The van der Waals surface area contributed by atoms with Crippen LogP contribution in [0.1, 0.15) is 25.8 Å². The van der Waals surface area contributed by atoms with Gasteiger partial charge in [-0.25, -0.2) is 18.1 Å². The Labute approximate surface area is 142 Å². The van der Waals surface area contributed by atoms with Crippen LogP contribution in [0.4, 0.5) is 0 Å². The Balaban J connectivity index is 0.00000242. The van der Waals surface area contributed by atoms with Gasteiger partial charge in [0.05, 0.1) is 20.1 Å². The summed E-state index contributed by atoms with van der Waals surface area (Å²) in [5.41, 5.74) is 0.812. The number of fused-ring (bicyclic) bond motifs is 1. The highest BCUT2D eigenvalue weighted by Gasteiger charge is 2.20. The highest BCUT2D eigenvalue weighted by atomic mass is 35.5. The highest BCUT2D eigenvalue weighted by Crippen LogP contribution is 2.32. The first-order valence-corrected chi connectivity index (χ1v) is 9.09. The van der Waals surface area contributed by atoms with E-state index in [1.54, 1.807) is 36.6 Å². The van der Waals surface area contributed by atoms with E-state index in [9.17, 15) is 8.42 Å². The zero-order valence-corrected chi connectivity index (χ0v) is 15.6. The molecule has 0 aliphatic carbocycles. The first-order chi connectivity index (χ1) is 9.74. The van der Waals surface area contributed by atoms with Gasteiger partial charge in [-0.1, -0.05) is 20.8 Å². The third-order valence-corrected chi connectivity index (χ3v) is 5.88. The number of rotatable bonds is 5. The summed E-state index contributed by atoms with van der Waals surface area (Å²) in [6.45, 7) is 7.26. The summed E-state index contributed by atoms with van der Waals surface area (Å²) in [6, 6.07) is 5.08. The van der Waals surface area contributed by atoms with Crippen molar-refractivity contribution in [1.82, 2.24) is 15.0 Å². The highest BCUT2D eigenvalue weighted by molar-refractivity contribution is 7.89. The lowest BCUT2D eigenvalue weighted by Crippen LogP contribution is -2.30. The standard InChI is InChI=1S/C14H21N3O2S2.ClH/c1-14(2,3)13-17-11-6-5-10(9-12(11)20-13)21(18,19)16-8-7-15-4;/h5-6,9,15-16H,7-8H2,1-4H3;1H. The number of hydrogen-bond acceptors (Lipinski definition) is 5. The van der Waals surface area contributed by atoms with E-state index in [0.29, 0.717) is 13.1 Å². The summed E-state index contributed by atoms with van der Waals surface area (Å²) in [7, 11) is -1.68. The summed E-state index contributed by atoms with van der Waals surface area (Å²) in [4.78, 5) is 4.86. The van der Waals surface area contributed by atoms with Crippen molar-refractivity contribution in [3.05, 3.63) is 23.2 Å². The molecule has 1 heterocycles. The molecule has 2 N–H and O–H groups in total. The van der Waals surface area contributed by atoms with Gasteiger partial charge in [0.15, 0.2) is 0 Å². The van der Waals surface area contributed by atoms with Crippen molar-refractivity contribution in [2.75, 3.05) is 20.1 Å². The van der Waals surface area contributed by atoms with Gasteiger partial charge in [0.1, 0.15) is 0 Å². The zero-order valence-electron chi connectivity index (χ0n) is 13.1. The number of sulfonamides is 1. The van der Waals surface area contributed by atoms with Crippen molar-refractivity contribution in [2.24, 2.45) is 0 Å². The van der Waals surface area contributed by atoms with Gasteiger partial charge in [-0.15, -0.1) is 23.7 Å². The minimum atomic E-state index is -3.46. The molecule has 1 aromatic heterocycles. The van der Waals surface area contributed by atoms with Gasteiger partial charge in [0.25, 0.3) is 0 Å². The molecular weight excluding hydrogens is 342 g/mol. The first-order valence-electron chi connectivity index (χ1n) is 6.79. The van der Waals surface area contributed by atoms with Crippen molar-refractivity contribution >= 4 is 44.0 Å². The van der Waals surface area contributed by atoms with Crippen molar-refractivity contribution in [3.63, 3.8) is 0 Å². The van der Waals surface area contributed by atoms with Gasteiger partial charge in [0.2, 0.25) is 10.0 Å². The molecule has 2 aromatic rings. The molecular formula is C14H22ClN3O2S2. The van der Waals surface area contributed by atoms with Crippen LogP contribution in [0.25, 0.3) is 10.2 Å². The maximum Gasteiger partial charge on any atom is 0.240 e. The fourth-order valence-corrected chi connectivity index (χ4v) is 3.98. The van der Waals surface area contributed by atoms with Crippen LogP contribution in [0.5, 0.6) is 0 Å². The summed E-state index contributed by atoms with van der Waals surface area (Å²) in [5.74, 6) is 0. The molecule has 0 aliphatic heterocycles. The average molecular weight is 364 g/mol. The third kappa shape index (κ3) is 4.39. The fourth-order valence-electron chi connectivity index (χ4n) is 1.79. The molecule has 8 heteroatoms. The summed E-state index contributed by atoms with van der Waals surface area (Å²) in [5, 5.41) is 3.92. The van der Waals surface area contributed by atoms with E-state index < -0.39 is 10.0 Å². The Bertz CT molecular complexity index is 736. The Morgan fingerprint density at radius 1 is 1.23 bits per heavy atom. The molecule has 5 nitrogen and oxygen atoms in total. The fraction of sp³-hybridized carbons (Fsp3) is 0.500. The van der Waals surface area contributed by atoms with Gasteiger partial charge < -0.3 is 5.32 Å². The van der Waals surface area contributed by atoms with E-state index in [2.05, 4.69) is 35.8 Å². The van der Waals surface area contributed by atoms with Gasteiger partial charge in [-0.05, 0) is 25.2 Å². The third-order valence-electron chi connectivity index (χ3n) is 2.98. The molecule has 0 unspecified atom stereocenters. The molecule has 0 radical (unpaired) electrons. The van der Waals surface area contributed by atoms with Crippen molar-refractivity contribution < 1.29 is 8.42 Å². The monoisotopic (exact) mass is 363 g/mol. The van der Waals surface area contributed by atoms with Crippen LogP contribution in [0, 0.1) is 0 Å². The maximum atomic E-state index is 12.2. The largest absolute Gasteiger partial charge is 0.318 e. The second-order valence-electron chi connectivity index (χ2n) is 5.90. The molecule has 0 amide bonds. The lowest BCUT2D eigenvalue weighted by atomic mass is 9.98. The summed E-state index contributed by atoms with van der Waals surface area (Å²) >= 11 is 1.55. The second-order valence-corrected chi connectivity index (χ2v) is 8.70.